The van der Waals surface area contributed by atoms with E-state index in [0.717, 1.165) is 62.4 Å². The molecule has 0 bridgehead atoms. The zero-order valence-corrected chi connectivity index (χ0v) is 17.6. The Morgan fingerprint density at radius 1 is 1.10 bits per heavy atom. The number of nitrogens with zero attached hydrogens (tertiary/aromatic N) is 2. The van der Waals surface area contributed by atoms with Crippen molar-refractivity contribution < 1.29 is 18.3 Å². The van der Waals surface area contributed by atoms with Gasteiger partial charge in [0.25, 0.3) is 5.56 Å². The van der Waals surface area contributed by atoms with Gasteiger partial charge in [0.2, 0.25) is 0 Å². The average molecular weight is 433 g/mol. The van der Waals surface area contributed by atoms with E-state index in [1.54, 1.807) is 18.2 Å². The third-order valence-electron chi connectivity index (χ3n) is 6.02. The third kappa shape index (κ3) is 5.55. The second-order valence-electron chi connectivity index (χ2n) is 8.07. The number of rotatable bonds is 6. The number of anilines is 2. The zero-order chi connectivity index (χ0) is 21.6. The van der Waals surface area contributed by atoms with Gasteiger partial charge in [-0.3, -0.25) is 4.79 Å². The van der Waals surface area contributed by atoms with Crippen molar-refractivity contribution in [2.75, 3.05) is 42.6 Å². The lowest BCUT2D eigenvalue weighted by atomic mass is 10.00. The summed E-state index contributed by atoms with van der Waals surface area (Å²) in [6, 6.07) is 10.7. The van der Waals surface area contributed by atoms with Crippen molar-refractivity contribution in [3.05, 3.63) is 52.3 Å². The molecule has 3 heterocycles. The smallest absolute Gasteiger partial charge is 0.387 e. The molecule has 8 heteroatoms. The Kier molecular flexibility index (Phi) is 7.06. The van der Waals surface area contributed by atoms with Crippen molar-refractivity contribution in [3.8, 4) is 5.75 Å². The summed E-state index contributed by atoms with van der Waals surface area (Å²) in [5.41, 5.74) is 1.52. The number of aromatic nitrogens is 1. The van der Waals surface area contributed by atoms with Gasteiger partial charge in [0, 0.05) is 43.5 Å². The molecule has 0 radical (unpaired) electrons. The fourth-order valence-corrected chi connectivity index (χ4v) is 4.52. The van der Waals surface area contributed by atoms with Crippen LogP contribution in [0.5, 0.6) is 5.75 Å². The van der Waals surface area contributed by atoms with E-state index < -0.39 is 6.61 Å². The van der Waals surface area contributed by atoms with Crippen LogP contribution in [0.25, 0.3) is 0 Å². The van der Waals surface area contributed by atoms with Crippen LogP contribution in [-0.2, 0) is 11.2 Å². The molecule has 4 rings (SSSR count). The lowest BCUT2D eigenvalue weighted by Gasteiger charge is -2.34. The summed E-state index contributed by atoms with van der Waals surface area (Å²) in [7, 11) is 0. The Morgan fingerprint density at radius 3 is 2.71 bits per heavy atom. The number of para-hydroxylation sites is 1. The Bertz CT molecular complexity index is 915. The molecule has 2 aliphatic rings. The summed E-state index contributed by atoms with van der Waals surface area (Å²) < 4.78 is 35.9. The van der Waals surface area contributed by atoms with Crippen LogP contribution in [0.15, 0.2) is 41.2 Å². The molecule has 0 amide bonds. The molecule has 31 heavy (non-hydrogen) atoms. The molecule has 2 aromatic rings. The van der Waals surface area contributed by atoms with Crippen molar-refractivity contribution in [3.63, 3.8) is 0 Å². The molecule has 2 aliphatic heterocycles. The van der Waals surface area contributed by atoms with Crippen molar-refractivity contribution in [1.29, 1.82) is 0 Å². The van der Waals surface area contributed by atoms with E-state index in [4.69, 9.17) is 9.47 Å². The zero-order valence-electron chi connectivity index (χ0n) is 17.6. The number of ether oxygens (including phenoxy) is 2. The van der Waals surface area contributed by atoms with Crippen LogP contribution < -0.4 is 20.1 Å². The van der Waals surface area contributed by atoms with Gasteiger partial charge in [-0.25, -0.2) is 0 Å². The quantitative estimate of drug-likeness (QED) is 0.751. The first kappa shape index (κ1) is 21.6. The van der Waals surface area contributed by atoms with Crippen LogP contribution in [0.4, 0.5) is 20.3 Å². The highest BCUT2D eigenvalue weighted by Gasteiger charge is 2.25. The van der Waals surface area contributed by atoms with Gasteiger partial charge in [-0.05, 0) is 30.9 Å². The molecule has 1 aromatic carbocycles. The van der Waals surface area contributed by atoms with E-state index in [2.05, 4.69) is 14.8 Å². The van der Waals surface area contributed by atoms with E-state index in [1.165, 1.54) is 0 Å². The summed E-state index contributed by atoms with van der Waals surface area (Å²) in [6.07, 6.45) is 4.69. The summed E-state index contributed by atoms with van der Waals surface area (Å²) in [4.78, 5) is 19.9. The average Bonchev–Trinajstić information content (AvgIpc) is 3.00. The number of benzene rings is 1. The minimum absolute atomic E-state index is 0.0838. The largest absolute Gasteiger partial charge is 0.435 e. The Balaban J connectivity index is 1.62. The van der Waals surface area contributed by atoms with Crippen LogP contribution in [0.3, 0.4) is 0 Å². The van der Waals surface area contributed by atoms with Gasteiger partial charge in [0.15, 0.2) is 0 Å². The molecule has 2 fully saturated rings. The van der Waals surface area contributed by atoms with Gasteiger partial charge in [-0.2, -0.15) is 8.78 Å². The first-order chi connectivity index (χ1) is 15.1. The lowest BCUT2D eigenvalue weighted by molar-refractivity contribution is -0.0504. The van der Waals surface area contributed by atoms with Gasteiger partial charge in [0.05, 0.1) is 13.2 Å². The van der Waals surface area contributed by atoms with E-state index in [1.807, 2.05) is 18.2 Å². The number of morpholine rings is 1. The maximum absolute atomic E-state index is 12.9. The van der Waals surface area contributed by atoms with E-state index in [-0.39, 0.29) is 17.4 Å². The highest BCUT2D eigenvalue weighted by molar-refractivity contribution is 5.56. The van der Waals surface area contributed by atoms with Crippen LogP contribution in [0.2, 0.25) is 0 Å². The normalized spacial score (nSPS) is 20.0. The number of nitrogens with one attached hydrogen (secondary N) is 1. The maximum atomic E-state index is 12.9. The number of halogens is 2. The fraction of sp³-hybridized carbons (Fsp3) is 0.522. The minimum Gasteiger partial charge on any atom is -0.435 e. The van der Waals surface area contributed by atoms with E-state index >= 15 is 0 Å². The molecule has 168 valence electrons. The maximum Gasteiger partial charge on any atom is 0.387 e. The minimum atomic E-state index is -2.85. The summed E-state index contributed by atoms with van der Waals surface area (Å²) in [6.45, 7) is 0.762. The molecule has 6 nitrogen and oxygen atoms in total. The molecule has 0 saturated carbocycles. The highest BCUT2D eigenvalue weighted by Crippen LogP contribution is 2.30. The number of H-pyrrole nitrogens is 1. The molecule has 1 N–H and O–H groups in total. The predicted molar refractivity (Wildman–Crippen MR) is 116 cm³/mol. The molecular weight excluding hydrogens is 404 g/mol. The second kappa shape index (κ2) is 10.1. The number of hydrogen-bond donors (Lipinski definition) is 1. The van der Waals surface area contributed by atoms with Gasteiger partial charge >= 0.3 is 6.61 Å². The first-order valence-electron chi connectivity index (χ1n) is 11.0. The van der Waals surface area contributed by atoms with Crippen molar-refractivity contribution >= 4 is 11.5 Å². The topological polar surface area (TPSA) is 57.8 Å². The van der Waals surface area contributed by atoms with Crippen LogP contribution in [0.1, 0.15) is 31.2 Å². The molecule has 2 saturated heterocycles. The molecular formula is C23H29F2N3O3. The third-order valence-corrected chi connectivity index (χ3v) is 6.02. The van der Waals surface area contributed by atoms with E-state index in [9.17, 15) is 13.6 Å². The summed E-state index contributed by atoms with van der Waals surface area (Å²) in [5, 5.41) is 0. The van der Waals surface area contributed by atoms with Crippen molar-refractivity contribution in [1.82, 2.24) is 4.98 Å². The van der Waals surface area contributed by atoms with E-state index in [0.29, 0.717) is 19.6 Å². The molecule has 1 unspecified atom stereocenters. The lowest BCUT2D eigenvalue weighted by Crippen LogP contribution is -2.39. The fourth-order valence-electron chi connectivity index (χ4n) is 4.52. The first-order valence-corrected chi connectivity index (χ1v) is 11.0. The number of hydrogen-bond acceptors (Lipinski definition) is 5. The number of aromatic amines is 1. The van der Waals surface area contributed by atoms with Gasteiger partial charge in [-0.1, -0.05) is 31.0 Å². The monoisotopic (exact) mass is 433 g/mol. The molecule has 0 spiro atoms. The number of pyridine rings is 1. The molecule has 0 aliphatic carbocycles. The highest BCUT2D eigenvalue weighted by atomic mass is 19.3. The van der Waals surface area contributed by atoms with Gasteiger partial charge in [0.1, 0.15) is 11.6 Å². The standard InChI is InChI=1S/C23H29F2N3O3/c24-23(25)31-20-8-4-3-6-17(20)14-18-7-2-1-5-9-28(18)21-15-19(16-22(29)26-21)27-10-12-30-13-11-27/h3-4,6,8,15-16,18,23H,1-2,5,7,9-14H2,(H,26,29). The van der Waals surface area contributed by atoms with Crippen LogP contribution >= 0.6 is 0 Å². The Labute approximate surface area is 180 Å². The SMILES string of the molecule is O=c1cc(N2CCOCC2)cc(N2CCCCCC2Cc2ccccc2OC(F)F)[nH]1. The Morgan fingerprint density at radius 2 is 1.90 bits per heavy atom. The van der Waals surface area contributed by atoms with Crippen molar-refractivity contribution in [2.45, 2.75) is 44.8 Å². The predicted octanol–water partition coefficient (Wildman–Crippen LogP) is 3.80. The second-order valence-corrected chi connectivity index (χ2v) is 8.07. The van der Waals surface area contributed by atoms with Crippen molar-refractivity contribution in [2.24, 2.45) is 0 Å². The summed E-state index contributed by atoms with van der Waals surface area (Å²) >= 11 is 0. The molecule has 1 atom stereocenters. The Hall–Kier alpha value is -2.61. The van der Waals surface area contributed by atoms with Crippen LogP contribution in [-0.4, -0.2) is 50.5 Å². The van der Waals surface area contributed by atoms with Gasteiger partial charge in [-0.15, -0.1) is 0 Å². The number of alkyl halides is 2. The van der Waals surface area contributed by atoms with Gasteiger partial charge < -0.3 is 24.3 Å². The summed E-state index contributed by atoms with van der Waals surface area (Å²) in [5.74, 6) is 1.01. The van der Waals surface area contributed by atoms with Crippen LogP contribution in [0, 0.1) is 0 Å². The molecule has 1 aromatic heterocycles.